The molecule has 21 heavy (non-hydrogen) atoms. The zero-order chi connectivity index (χ0) is 14.6. The van der Waals surface area contributed by atoms with Crippen LogP contribution in [0, 0.1) is 0 Å². The number of amides is 1. The summed E-state index contributed by atoms with van der Waals surface area (Å²) in [6, 6.07) is 9.48. The highest BCUT2D eigenvalue weighted by Gasteiger charge is 2.35. The van der Waals surface area contributed by atoms with Crippen LogP contribution >= 0.6 is 12.4 Å². The van der Waals surface area contributed by atoms with E-state index in [4.69, 9.17) is 10.8 Å². The second-order valence-corrected chi connectivity index (χ2v) is 5.43. The highest BCUT2D eigenvalue weighted by atomic mass is 35.5. The molecular weight excluding hydrogens is 290 g/mol. The van der Waals surface area contributed by atoms with Crippen molar-refractivity contribution in [3.05, 3.63) is 35.9 Å². The minimum Gasteiger partial charge on any atom is -0.395 e. The van der Waals surface area contributed by atoms with Gasteiger partial charge in [-0.1, -0.05) is 30.3 Å². The first kappa shape index (κ1) is 17.9. The largest absolute Gasteiger partial charge is 0.395 e. The molecule has 5 nitrogen and oxygen atoms in total. The number of piperazine rings is 1. The van der Waals surface area contributed by atoms with Gasteiger partial charge in [0, 0.05) is 32.7 Å². The van der Waals surface area contributed by atoms with Crippen LogP contribution < -0.4 is 5.73 Å². The molecule has 2 rings (SSSR count). The number of β-amino-alcohol motifs (C(OH)–C–C–N with tert-alkyl or cyclic N) is 1. The van der Waals surface area contributed by atoms with Crippen molar-refractivity contribution >= 4 is 18.3 Å². The van der Waals surface area contributed by atoms with Crippen LogP contribution in [0.2, 0.25) is 0 Å². The molecular formula is C15H24ClN3O2. The highest BCUT2D eigenvalue weighted by Crippen LogP contribution is 2.21. The highest BCUT2D eigenvalue weighted by molar-refractivity contribution is 5.87. The third-order valence-corrected chi connectivity index (χ3v) is 3.89. The topological polar surface area (TPSA) is 69.8 Å². The van der Waals surface area contributed by atoms with Crippen molar-refractivity contribution in [1.82, 2.24) is 9.80 Å². The number of carbonyl (C=O) groups excluding carboxylic acids is 1. The van der Waals surface area contributed by atoms with Crippen molar-refractivity contribution in [2.75, 3.05) is 39.3 Å². The summed E-state index contributed by atoms with van der Waals surface area (Å²) < 4.78 is 0. The van der Waals surface area contributed by atoms with Crippen LogP contribution in [-0.2, 0) is 10.3 Å². The zero-order valence-corrected chi connectivity index (χ0v) is 13.2. The first-order valence-electron chi connectivity index (χ1n) is 7.02. The summed E-state index contributed by atoms with van der Waals surface area (Å²) in [5, 5.41) is 8.93. The average Bonchev–Trinajstić information content (AvgIpc) is 2.48. The van der Waals surface area contributed by atoms with Crippen molar-refractivity contribution in [2.45, 2.75) is 12.5 Å². The number of benzene rings is 1. The molecule has 1 aliphatic heterocycles. The van der Waals surface area contributed by atoms with Gasteiger partial charge < -0.3 is 15.7 Å². The molecule has 6 heteroatoms. The number of hydrogen-bond donors (Lipinski definition) is 2. The fraction of sp³-hybridized carbons (Fsp3) is 0.533. The normalized spacial score (nSPS) is 18.7. The lowest BCUT2D eigenvalue weighted by Crippen LogP contribution is -2.56. The van der Waals surface area contributed by atoms with E-state index in [0.29, 0.717) is 19.6 Å². The summed E-state index contributed by atoms with van der Waals surface area (Å²) in [5.41, 5.74) is 6.11. The van der Waals surface area contributed by atoms with E-state index in [0.717, 1.165) is 18.7 Å². The second kappa shape index (κ2) is 7.75. The quantitative estimate of drug-likeness (QED) is 0.845. The van der Waals surface area contributed by atoms with E-state index in [1.165, 1.54) is 0 Å². The van der Waals surface area contributed by atoms with Gasteiger partial charge in [0.25, 0.3) is 0 Å². The summed E-state index contributed by atoms with van der Waals surface area (Å²) >= 11 is 0. The Balaban J connectivity index is 0.00000220. The Bertz CT molecular complexity index is 445. The van der Waals surface area contributed by atoms with E-state index in [9.17, 15) is 4.79 Å². The predicted octanol–water partition coefficient (Wildman–Crippen LogP) is 0.419. The molecule has 0 radical (unpaired) electrons. The molecule has 1 atom stereocenters. The van der Waals surface area contributed by atoms with Gasteiger partial charge in [0.05, 0.1) is 6.61 Å². The Kier molecular flexibility index (Phi) is 6.61. The molecule has 0 aliphatic carbocycles. The van der Waals surface area contributed by atoms with Crippen molar-refractivity contribution < 1.29 is 9.90 Å². The molecule has 1 fully saturated rings. The third-order valence-electron chi connectivity index (χ3n) is 3.89. The van der Waals surface area contributed by atoms with E-state index in [2.05, 4.69) is 4.90 Å². The molecule has 1 aliphatic rings. The molecule has 3 N–H and O–H groups in total. The molecule has 1 aromatic rings. The van der Waals surface area contributed by atoms with Gasteiger partial charge in [-0.15, -0.1) is 12.4 Å². The lowest BCUT2D eigenvalue weighted by molar-refractivity contribution is -0.138. The van der Waals surface area contributed by atoms with Crippen LogP contribution in [0.5, 0.6) is 0 Å². The molecule has 1 unspecified atom stereocenters. The fourth-order valence-corrected chi connectivity index (χ4v) is 2.55. The van der Waals surface area contributed by atoms with Gasteiger partial charge in [-0.3, -0.25) is 9.69 Å². The smallest absolute Gasteiger partial charge is 0.247 e. The van der Waals surface area contributed by atoms with Gasteiger partial charge >= 0.3 is 0 Å². The van der Waals surface area contributed by atoms with Crippen LogP contribution in [-0.4, -0.2) is 60.1 Å². The molecule has 0 aromatic heterocycles. The maximum Gasteiger partial charge on any atom is 0.247 e. The first-order valence-corrected chi connectivity index (χ1v) is 7.02. The van der Waals surface area contributed by atoms with Gasteiger partial charge in [-0.25, -0.2) is 0 Å². The van der Waals surface area contributed by atoms with Crippen molar-refractivity contribution in [3.63, 3.8) is 0 Å². The van der Waals surface area contributed by atoms with Crippen LogP contribution in [0.3, 0.4) is 0 Å². The standard InChI is InChI=1S/C15H23N3O2.ClH/c1-15(16,13-5-3-2-4-6-13)14(20)18-9-7-17(8-10-18)11-12-19;/h2-6,19H,7-12,16H2,1H3;1H. The van der Waals surface area contributed by atoms with Gasteiger partial charge in [-0.2, -0.15) is 0 Å². The minimum absolute atomic E-state index is 0. The third kappa shape index (κ3) is 4.17. The van der Waals surface area contributed by atoms with Gasteiger partial charge in [-0.05, 0) is 12.5 Å². The van der Waals surface area contributed by atoms with Gasteiger partial charge in [0.1, 0.15) is 5.54 Å². The van der Waals surface area contributed by atoms with E-state index >= 15 is 0 Å². The van der Waals surface area contributed by atoms with Crippen LogP contribution in [0.15, 0.2) is 30.3 Å². The molecule has 1 saturated heterocycles. The van der Waals surface area contributed by atoms with Crippen molar-refractivity contribution in [2.24, 2.45) is 5.73 Å². The Morgan fingerprint density at radius 3 is 2.33 bits per heavy atom. The number of aliphatic hydroxyl groups excluding tert-OH is 1. The van der Waals surface area contributed by atoms with E-state index in [1.807, 2.05) is 35.2 Å². The second-order valence-electron chi connectivity index (χ2n) is 5.43. The van der Waals surface area contributed by atoms with Crippen molar-refractivity contribution in [1.29, 1.82) is 0 Å². The summed E-state index contributed by atoms with van der Waals surface area (Å²) in [4.78, 5) is 16.6. The average molecular weight is 314 g/mol. The summed E-state index contributed by atoms with van der Waals surface area (Å²) in [7, 11) is 0. The summed E-state index contributed by atoms with van der Waals surface area (Å²) in [6.07, 6.45) is 0. The van der Waals surface area contributed by atoms with E-state index < -0.39 is 5.54 Å². The fourth-order valence-electron chi connectivity index (χ4n) is 2.55. The molecule has 0 bridgehead atoms. The number of nitrogens with zero attached hydrogens (tertiary/aromatic N) is 2. The number of rotatable bonds is 4. The minimum atomic E-state index is -0.986. The van der Waals surface area contributed by atoms with Gasteiger partial charge in [0.15, 0.2) is 0 Å². The summed E-state index contributed by atoms with van der Waals surface area (Å²) in [5.74, 6) is -0.0349. The van der Waals surface area contributed by atoms with Crippen LogP contribution in [0.4, 0.5) is 0 Å². The molecule has 1 heterocycles. The molecule has 1 aromatic carbocycles. The Morgan fingerprint density at radius 1 is 1.24 bits per heavy atom. The van der Waals surface area contributed by atoms with Crippen LogP contribution in [0.25, 0.3) is 0 Å². The monoisotopic (exact) mass is 313 g/mol. The number of carbonyl (C=O) groups is 1. The number of nitrogens with two attached hydrogens (primary N) is 1. The van der Waals surface area contributed by atoms with Gasteiger partial charge in [0.2, 0.25) is 5.91 Å². The van der Waals surface area contributed by atoms with Crippen LogP contribution in [0.1, 0.15) is 12.5 Å². The summed E-state index contributed by atoms with van der Waals surface area (Å²) in [6.45, 7) is 5.50. The lowest BCUT2D eigenvalue weighted by Gasteiger charge is -2.38. The SMILES string of the molecule is CC(N)(C(=O)N1CCN(CCO)CC1)c1ccccc1.Cl. The van der Waals surface area contributed by atoms with E-state index in [1.54, 1.807) is 6.92 Å². The molecule has 1 amide bonds. The maximum atomic E-state index is 12.6. The number of aliphatic hydroxyl groups is 1. The Labute approximate surface area is 132 Å². The molecule has 118 valence electrons. The Hall–Kier alpha value is -1.14. The maximum absolute atomic E-state index is 12.6. The van der Waals surface area contributed by atoms with E-state index in [-0.39, 0.29) is 24.9 Å². The predicted molar refractivity (Wildman–Crippen MR) is 85.3 cm³/mol. The zero-order valence-electron chi connectivity index (χ0n) is 12.4. The molecule has 0 spiro atoms. The Morgan fingerprint density at radius 2 is 1.81 bits per heavy atom. The first-order chi connectivity index (χ1) is 9.55. The number of halogens is 1. The lowest BCUT2D eigenvalue weighted by atomic mass is 9.91. The number of hydrogen-bond acceptors (Lipinski definition) is 4. The molecule has 0 saturated carbocycles. The van der Waals surface area contributed by atoms with Crippen molar-refractivity contribution in [3.8, 4) is 0 Å².